The molecule has 1 saturated heterocycles. The summed E-state index contributed by atoms with van der Waals surface area (Å²) in [6.45, 7) is 4.94. The van der Waals surface area contributed by atoms with E-state index in [1.807, 2.05) is 48.8 Å². The van der Waals surface area contributed by atoms with Gasteiger partial charge in [0, 0.05) is 47.2 Å². The minimum atomic E-state index is -0.0660. The standard InChI is InChI=1S/C26H24ClN5S/c1-17-13-22(18(2)32(17)21-9-5-8-20(27)14-21)25-24(23-10-3-4-12-29-23)30-26(33)31(25)16-19-7-6-11-28-15-19/h3-15,24-25H,16H2,1-2H3,(H,30,33)/t24-,25+/m1/s1. The van der Waals surface area contributed by atoms with Gasteiger partial charge in [-0.3, -0.25) is 9.97 Å². The first-order valence-corrected chi connectivity index (χ1v) is 11.6. The molecule has 3 aromatic heterocycles. The van der Waals surface area contributed by atoms with Gasteiger partial charge in [-0.05, 0) is 79.7 Å². The smallest absolute Gasteiger partial charge is 0.170 e. The SMILES string of the molecule is Cc1cc([C@H]2[C@@H](c3ccccn3)NC(=S)N2Cc2cccnc2)c(C)n1-c1cccc(Cl)c1. The Labute approximate surface area is 204 Å². The molecule has 0 bridgehead atoms. The predicted octanol–water partition coefficient (Wildman–Crippen LogP) is 5.71. The number of thiocarbonyl (C=S) groups is 1. The number of hydrogen-bond donors (Lipinski definition) is 1. The van der Waals surface area contributed by atoms with Gasteiger partial charge < -0.3 is 14.8 Å². The molecule has 1 aliphatic heterocycles. The van der Waals surface area contributed by atoms with E-state index in [-0.39, 0.29) is 12.1 Å². The number of hydrogen-bond acceptors (Lipinski definition) is 3. The highest BCUT2D eigenvalue weighted by atomic mass is 35.5. The van der Waals surface area contributed by atoms with Crippen molar-refractivity contribution in [2.24, 2.45) is 0 Å². The highest BCUT2D eigenvalue weighted by Crippen LogP contribution is 2.42. The van der Waals surface area contributed by atoms with Crippen molar-refractivity contribution in [2.75, 3.05) is 0 Å². The van der Waals surface area contributed by atoms with Crippen molar-refractivity contribution in [1.82, 2.24) is 24.8 Å². The molecule has 0 spiro atoms. The van der Waals surface area contributed by atoms with Gasteiger partial charge >= 0.3 is 0 Å². The summed E-state index contributed by atoms with van der Waals surface area (Å²) in [7, 11) is 0. The van der Waals surface area contributed by atoms with Crippen molar-refractivity contribution < 1.29 is 0 Å². The van der Waals surface area contributed by atoms with Crippen LogP contribution in [-0.4, -0.2) is 24.5 Å². The largest absolute Gasteiger partial charge is 0.352 e. The van der Waals surface area contributed by atoms with Gasteiger partial charge in [0.1, 0.15) is 0 Å². The molecule has 0 unspecified atom stereocenters. The van der Waals surface area contributed by atoms with E-state index in [0.29, 0.717) is 11.7 Å². The van der Waals surface area contributed by atoms with Crippen LogP contribution in [0.3, 0.4) is 0 Å². The van der Waals surface area contributed by atoms with Crippen LogP contribution in [0.25, 0.3) is 5.69 Å². The molecule has 4 heterocycles. The maximum absolute atomic E-state index is 6.31. The van der Waals surface area contributed by atoms with E-state index in [9.17, 15) is 0 Å². The summed E-state index contributed by atoms with van der Waals surface area (Å²) in [6, 6.07) is 20.2. The van der Waals surface area contributed by atoms with Gasteiger partial charge in [-0.1, -0.05) is 29.8 Å². The molecule has 1 N–H and O–H groups in total. The number of aryl methyl sites for hydroxylation is 1. The number of pyridine rings is 2. The van der Waals surface area contributed by atoms with Crippen molar-refractivity contribution in [2.45, 2.75) is 32.5 Å². The van der Waals surface area contributed by atoms with Crippen molar-refractivity contribution in [3.05, 3.63) is 112 Å². The topological polar surface area (TPSA) is 46.0 Å². The van der Waals surface area contributed by atoms with Crippen LogP contribution in [0.15, 0.2) is 79.3 Å². The summed E-state index contributed by atoms with van der Waals surface area (Å²) in [6.07, 6.45) is 5.51. The van der Waals surface area contributed by atoms with Crippen LogP contribution < -0.4 is 5.32 Å². The normalized spacial score (nSPS) is 17.9. The minimum absolute atomic E-state index is 0.0215. The van der Waals surface area contributed by atoms with Gasteiger partial charge in [-0.15, -0.1) is 0 Å². The van der Waals surface area contributed by atoms with Gasteiger partial charge in [0.15, 0.2) is 5.11 Å². The zero-order valence-corrected chi connectivity index (χ0v) is 20.0. The minimum Gasteiger partial charge on any atom is -0.352 e. The Morgan fingerprint density at radius 3 is 2.64 bits per heavy atom. The van der Waals surface area contributed by atoms with E-state index in [1.165, 1.54) is 5.56 Å². The Bertz CT molecular complexity index is 1290. The average molecular weight is 474 g/mol. The van der Waals surface area contributed by atoms with Crippen molar-refractivity contribution in [3.8, 4) is 5.69 Å². The predicted molar refractivity (Wildman–Crippen MR) is 135 cm³/mol. The maximum Gasteiger partial charge on any atom is 0.170 e. The molecule has 2 atom stereocenters. The van der Waals surface area contributed by atoms with Crippen molar-refractivity contribution in [1.29, 1.82) is 0 Å². The Balaban J connectivity index is 1.62. The van der Waals surface area contributed by atoms with Crippen molar-refractivity contribution in [3.63, 3.8) is 0 Å². The lowest BCUT2D eigenvalue weighted by Crippen LogP contribution is -2.29. The lowest BCUT2D eigenvalue weighted by molar-refractivity contribution is 0.310. The molecule has 0 amide bonds. The maximum atomic E-state index is 6.31. The number of nitrogens with zero attached hydrogens (tertiary/aromatic N) is 4. The molecular weight excluding hydrogens is 450 g/mol. The second-order valence-corrected chi connectivity index (χ2v) is 9.08. The summed E-state index contributed by atoms with van der Waals surface area (Å²) in [5.41, 5.74) is 6.62. The van der Waals surface area contributed by atoms with Crippen LogP contribution in [0.2, 0.25) is 5.02 Å². The molecule has 1 aromatic carbocycles. The van der Waals surface area contributed by atoms with Crippen LogP contribution in [0.5, 0.6) is 0 Å². The first-order chi connectivity index (χ1) is 16.0. The quantitative estimate of drug-likeness (QED) is 0.376. The number of aromatic nitrogens is 3. The molecule has 1 fully saturated rings. The first-order valence-electron chi connectivity index (χ1n) is 10.8. The molecule has 166 valence electrons. The summed E-state index contributed by atoms with van der Waals surface area (Å²) in [5, 5.41) is 4.97. The summed E-state index contributed by atoms with van der Waals surface area (Å²) < 4.78 is 2.25. The number of nitrogens with one attached hydrogen (secondary N) is 1. The Morgan fingerprint density at radius 2 is 1.91 bits per heavy atom. The van der Waals surface area contributed by atoms with Gasteiger partial charge in [0.25, 0.3) is 0 Å². The van der Waals surface area contributed by atoms with Gasteiger partial charge in [0.2, 0.25) is 0 Å². The van der Waals surface area contributed by atoms with Crippen LogP contribution >= 0.6 is 23.8 Å². The fourth-order valence-corrected chi connectivity index (χ4v) is 5.19. The molecule has 7 heteroatoms. The highest BCUT2D eigenvalue weighted by Gasteiger charge is 2.41. The number of benzene rings is 1. The van der Waals surface area contributed by atoms with Gasteiger partial charge in [0.05, 0.1) is 17.8 Å². The molecule has 33 heavy (non-hydrogen) atoms. The van der Waals surface area contributed by atoms with Gasteiger partial charge in [-0.25, -0.2) is 0 Å². The van der Waals surface area contributed by atoms with E-state index in [0.717, 1.165) is 33.4 Å². The summed E-state index contributed by atoms with van der Waals surface area (Å²) >= 11 is 12.1. The third-order valence-electron chi connectivity index (χ3n) is 6.13. The number of rotatable bonds is 5. The van der Waals surface area contributed by atoms with E-state index < -0.39 is 0 Å². The molecule has 0 aliphatic carbocycles. The average Bonchev–Trinajstić information content (AvgIpc) is 3.30. The Kier molecular flexibility index (Phi) is 5.87. The zero-order chi connectivity index (χ0) is 22.9. The monoisotopic (exact) mass is 473 g/mol. The third-order valence-corrected chi connectivity index (χ3v) is 6.72. The van der Waals surface area contributed by atoms with Crippen LogP contribution in [0.1, 0.15) is 40.3 Å². The second-order valence-electron chi connectivity index (χ2n) is 8.26. The fraction of sp³-hybridized carbons (Fsp3) is 0.192. The summed E-state index contributed by atoms with van der Waals surface area (Å²) in [4.78, 5) is 11.2. The van der Waals surface area contributed by atoms with Crippen LogP contribution in [0, 0.1) is 13.8 Å². The Hall–Kier alpha value is -3.22. The summed E-state index contributed by atoms with van der Waals surface area (Å²) in [5.74, 6) is 0. The van der Waals surface area contributed by atoms with E-state index in [4.69, 9.17) is 23.8 Å². The molecule has 0 saturated carbocycles. The van der Waals surface area contributed by atoms with Crippen molar-refractivity contribution >= 4 is 28.9 Å². The second kappa shape index (κ2) is 8.96. The van der Waals surface area contributed by atoms with E-state index in [1.54, 1.807) is 6.20 Å². The van der Waals surface area contributed by atoms with E-state index >= 15 is 0 Å². The fourth-order valence-electron chi connectivity index (χ4n) is 4.70. The molecule has 4 aromatic rings. The zero-order valence-electron chi connectivity index (χ0n) is 18.4. The van der Waals surface area contributed by atoms with Crippen LogP contribution in [-0.2, 0) is 6.54 Å². The lowest BCUT2D eigenvalue weighted by Gasteiger charge is -2.28. The first kappa shape index (κ1) is 21.6. The molecule has 5 nitrogen and oxygen atoms in total. The highest BCUT2D eigenvalue weighted by molar-refractivity contribution is 7.80. The molecule has 5 rings (SSSR count). The molecular formula is C26H24ClN5S. The third kappa shape index (κ3) is 4.12. The van der Waals surface area contributed by atoms with E-state index in [2.05, 4.69) is 62.9 Å². The molecule has 1 aliphatic rings. The lowest BCUT2D eigenvalue weighted by atomic mass is 9.96. The number of halogens is 1. The van der Waals surface area contributed by atoms with Crippen LogP contribution in [0.4, 0.5) is 0 Å². The van der Waals surface area contributed by atoms with Gasteiger partial charge in [-0.2, -0.15) is 0 Å². The molecule has 0 radical (unpaired) electrons. The Morgan fingerprint density at radius 1 is 1.03 bits per heavy atom.